The van der Waals surface area contributed by atoms with E-state index < -0.39 is 0 Å². The van der Waals surface area contributed by atoms with Gasteiger partial charge in [0.25, 0.3) is 11.6 Å². The number of furan rings is 1. The van der Waals surface area contributed by atoms with E-state index in [4.69, 9.17) is 8.94 Å². The Bertz CT molecular complexity index is 1290. The van der Waals surface area contributed by atoms with Gasteiger partial charge >= 0.3 is 0 Å². The highest BCUT2D eigenvalue weighted by Crippen LogP contribution is 2.29. The Kier molecular flexibility index (Phi) is 4.80. The van der Waals surface area contributed by atoms with E-state index >= 15 is 0 Å². The molecule has 0 radical (unpaired) electrons. The first-order valence-electron chi connectivity index (χ1n) is 9.92. The summed E-state index contributed by atoms with van der Waals surface area (Å²) < 4.78 is 10.8. The lowest BCUT2D eigenvalue weighted by atomic mass is 9.98. The number of amides is 1. The summed E-state index contributed by atoms with van der Waals surface area (Å²) in [5, 5.41) is 7.78. The molecule has 2 aromatic carbocycles. The molecule has 1 N–H and O–H groups in total. The van der Waals surface area contributed by atoms with E-state index in [2.05, 4.69) is 15.5 Å². The molecule has 0 saturated heterocycles. The van der Waals surface area contributed by atoms with Crippen LogP contribution in [0.2, 0.25) is 0 Å². The predicted molar refractivity (Wildman–Crippen MR) is 116 cm³/mol. The molecule has 0 unspecified atom stereocenters. The van der Waals surface area contributed by atoms with Crippen LogP contribution in [0.3, 0.4) is 0 Å². The van der Waals surface area contributed by atoms with E-state index in [1.165, 1.54) is 0 Å². The highest BCUT2D eigenvalue weighted by Gasteiger charge is 2.23. The van der Waals surface area contributed by atoms with Crippen LogP contribution < -0.4 is 5.32 Å². The first-order valence-corrected chi connectivity index (χ1v) is 9.92. The van der Waals surface area contributed by atoms with E-state index in [0.29, 0.717) is 33.8 Å². The predicted octanol–water partition coefficient (Wildman–Crippen LogP) is 5.31. The molecule has 3 heterocycles. The lowest BCUT2D eigenvalue weighted by molar-refractivity contribution is 0.0944. The normalized spacial score (nSPS) is 11.2. The first kappa shape index (κ1) is 18.8. The van der Waals surface area contributed by atoms with E-state index in [9.17, 15) is 4.79 Å². The molecule has 0 spiro atoms. The van der Waals surface area contributed by atoms with Crippen LogP contribution in [-0.4, -0.2) is 16.0 Å². The minimum atomic E-state index is -0.314. The molecular formula is C25H19N3O3. The maximum Gasteiger partial charge on any atom is 0.259 e. The van der Waals surface area contributed by atoms with Gasteiger partial charge in [-0.3, -0.25) is 4.79 Å². The second kappa shape index (κ2) is 7.91. The minimum absolute atomic E-state index is 0.246. The Labute approximate surface area is 178 Å². The van der Waals surface area contributed by atoms with Crippen molar-refractivity contribution in [2.45, 2.75) is 13.0 Å². The molecule has 5 aromatic rings. The van der Waals surface area contributed by atoms with E-state index in [1.54, 1.807) is 31.4 Å². The molecule has 0 aliphatic heterocycles. The lowest BCUT2D eigenvalue weighted by Crippen LogP contribution is -2.29. The van der Waals surface area contributed by atoms with Crippen molar-refractivity contribution in [2.75, 3.05) is 0 Å². The zero-order chi connectivity index (χ0) is 21.2. The van der Waals surface area contributed by atoms with Gasteiger partial charge in [-0.2, -0.15) is 0 Å². The Morgan fingerprint density at radius 3 is 2.23 bits per heavy atom. The highest BCUT2D eigenvalue weighted by molar-refractivity contribution is 6.07. The molecule has 1 amide bonds. The van der Waals surface area contributed by atoms with Crippen molar-refractivity contribution >= 4 is 17.0 Å². The van der Waals surface area contributed by atoms with Gasteiger partial charge in [0, 0.05) is 0 Å². The zero-order valence-electron chi connectivity index (χ0n) is 16.8. The molecule has 31 heavy (non-hydrogen) atoms. The molecule has 0 bridgehead atoms. The molecule has 0 aliphatic carbocycles. The molecule has 0 atom stereocenters. The van der Waals surface area contributed by atoms with Crippen LogP contribution in [0.1, 0.15) is 33.2 Å². The number of nitrogens with one attached hydrogen (secondary N) is 1. The first-order chi connectivity index (χ1) is 15.2. The number of pyridine rings is 1. The molecule has 0 aliphatic rings. The maximum atomic E-state index is 13.5. The fourth-order valence-corrected chi connectivity index (χ4v) is 3.68. The maximum absolute atomic E-state index is 13.5. The number of fused-ring (bicyclic) bond motifs is 1. The number of hydrogen-bond acceptors (Lipinski definition) is 5. The summed E-state index contributed by atoms with van der Waals surface area (Å²) >= 11 is 0. The summed E-state index contributed by atoms with van der Waals surface area (Å²) in [6, 6.07) is 24.7. The Morgan fingerprint density at radius 1 is 0.935 bits per heavy atom. The van der Waals surface area contributed by atoms with Gasteiger partial charge in [-0.1, -0.05) is 65.8 Å². The van der Waals surface area contributed by atoms with Gasteiger partial charge < -0.3 is 14.3 Å². The molecular weight excluding hydrogens is 390 g/mol. The topological polar surface area (TPSA) is 81.2 Å². The van der Waals surface area contributed by atoms with Gasteiger partial charge in [0.1, 0.15) is 5.69 Å². The van der Waals surface area contributed by atoms with Crippen LogP contribution in [0.4, 0.5) is 0 Å². The fraction of sp³-hybridized carbons (Fsp3) is 0.0800. The molecule has 0 saturated carbocycles. The summed E-state index contributed by atoms with van der Waals surface area (Å²) in [6.45, 7) is 1.79. The SMILES string of the molecule is Cc1noc2nc(-c3ccco3)cc(C(=O)NC(c3ccccc3)c3ccccc3)c12. The molecule has 152 valence electrons. The van der Waals surface area contributed by atoms with Gasteiger partial charge in [-0.25, -0.2) is 4.98 Å². The number of nitrogens with zero attached hydrogens (tertiary/aromatic N) is 2. The van der Waals surface area contributed by atoms with Crippen LogP contribution in [0.25, 0.3) is 22.6 Å². The van der Waals surface area contributed by atoms with Crippen LogP contribution in [0, 0.1) is 6.92 Å². The summed E-state index contributed by atoms with van der Waals surface area (Å²) in [7, 11) is 0. The van der Waals surface area contributed by atoms with E-state index in [1.807, 2.05) is 60.7 Å². The third kappa shape index (κ3) is 3.59. The number of hydrogen-bond donors (Lipinski definition) is 1. The molecule has 6 heteroatoms. The largest absolute Gasteiger partial charge is 0.463 e. The van der Waals surface area contributed by atoms with Gasteiger partial charge in [0.05, 0.1) is 28.9 Å². The highest BCUT2D eigenvalue weighted by atomic mass is 16.5. The van der Waals surface area contributed by atoms with Crippen LogP contribution >= 0.6 is 0 Å². The quantitative estimate of drug-likeness (QED) is 0.425. The minimum Gasteiger partial charge on any atom is -0.463 e. The van der Waals surface area contributed by atoms with Gasteiger partial charge in [-0.15, -0.1) is 0 Å². The van der Waals surface area contributed by atoms with Crippen molar-refractivity contribution in [3.63, 3.8) is 0 Å². The fourth-order valence-electron chi connectivity index (χ4n) is 3.68. The van der Waals surface area contributed by atoms with Gasteiger partial charge in [-0.05, 0) is 36.2 Å². The summed E-state index contributed by atoms with van der Waals surface area (Å²) in [5.74, 6) is 0.303. The number of rotatable bonds is 5. The number of aromatic nitrogens is 2. The number of aryl methyl sites for hydroxylation is 1. The second-order valence-corrected chi connectivity index (χ2v) is 7.21. The smallest absolute Gasteiger partial charge is 0.259 e. The number of benzene rings is 2. The van der Waals surface area contributed by atoms with Gasteiger partial charge in [0.15, 0.2) is 5.76 Å². The van der Waals surface area contributed by atoms with Gasteiger partial charge in [0.2, 0.25) is 0 Å². The van der Waals surface area contributed by atoms with Crippen molar-refractivity contribution in [2.24, 2.45) is 0 Å². The Morgan fingerprint density at radius 2 is 1.61 bits per heavy atom. The standard InChI is InChI=1S/C25H19N3O3/c1-16-22-19(15-20(21-13-8-14-30-21)26-25(22)31-28-16)24(29)27-23(17-9-4-2-5-10-17)18-11-6-3-7-12-18/h2-15,23H,1H3,(H,27,29). The number of carbonyl (C=O) groups excluding carboxylic acids is 1. The zero-order valence-corrected chi connectivity index (χ0v) is 16.8. The molecule has 5 rings (SSSR count). The van der Waals surface area contributed by atoms with Crippen molar-refractivity contribution in [1.82, 2.24) is 15.5 Å². The average Bonchev–Trinajstić information content (AvgIpc) is 3.48. The molecule has 3 aromatic heterocycles. The Hall–Kier alpha value is -4.19. The summed E-state index contributed by atoms with van der Waals surface area (Å²) in [6.07, 6.45) is 1.56. The molecule has 0 fully saturated rings. The van der Waals surface area contributed by atoms with Crippen molar-refractivity contribution in [3.8, 4) is 11.5 Å². The second-order valence-electron chi connectivity index (χ2n) is 7.21. The third-order valence-corrected chi connectivity index (χ3v) is 5.18. The van der Waals surface area contributed by atoms with Crippen molar-refractivity contribution in [1.29, 1.82) is 0 Å². The number of carbonyl (C=O) groups is 1. The molecule has 6 nitrogen and oxygen atoms in total. The Balaban J connectivity index is 1.59. The van der Waals surface area contributed by atoms with Crippen molar-refractivity contribution < 1.29 is 13.7 Å². The average molecular weight is 409 g/mol. The van der Waals surface area contributed by atoms with E-state index in [0.717, 1.165) is 11.1 Å². The third-order valence-electron chi connectivity index (χ3n) is 5.18. The lowest BCUT2D eigenvalue weighted by Gasteiger charge is -2.20. The summed E-state index contributed by atoms with van der Waals surface area (Å²) in [5.41, 5.74) is 3.82. The summed E-state index contributed by atoms with van der Waals surface area (Å²) in [4.78, 5) is 18.0. The van der Waals surface area contributed by atoms with Crippen LogP contribution in [0.5, 0.6) is 0 Å². The van der Waals surface area contributed by atoms with Crippen molar-refractivity contribution in [3.05, 3.63) is 108 Å². The van der Waals surface area contributed by atoms with Crippen LogP contribution in [0.15, 0.2) is 94.1 Å². The van der Waals surface area contributed by atoms with Crippen LogP contribution in [-0.2, 0) is 0 Å². The monoisotopic (exact) mass is 409 g/mol. The van der Waals surface area contributed by atoms with E-state index in [-0.39, 0.29) is 11.9 Å².